The number of nitrogens with zero attached hydrogens (tertiary/aromatic N) is 1. The first-order valence-electron chi connectivity index (χ1n) is 10.6. The topological polar surface area (TPSA) is 83.7 Å². The maximum atomic E-state index is 13.2. The fourth-order valence-corrected chi connectivity index (χ4v) is 3.79. The van der Waals surface area contributed by atoms with Gasteiger partial charge in [-0.2, -0.15) is 0 Å². The van der Waals surface area contributed by atoms with Crippen molar-refractivity contribution in [3.8, 4) is 11.5 Å². The quantitative estimate of drug-likeness (QED) is 0.371. The van der Waals surface area contributed by atoms with Gasteiger partial charge < -0.3 is 24.7 Å². The van der Waals surface area contributed by atoms with Gasteiger partial charge in [0.25, 0.3) is 5.56 Å². The van der Waals surface area contributed by atoms with Crippen LogP contribution in [0.3, 0.4) is 0 Å². The van der Waals surface area contributed by atoms with Crippen molar-refractivity contribution in [3.63, 3.8) is 0 Å². The van der Waals surface area contributed by atoms with E-state index >= 15 is 0 Å². The van der Waals surface area contributed by atoms with E-state index < -0.39 is 0 Å². The minimum absolute atomic E-state index is 0.0981. The molecular weight excluding hydrogens is 454 g/mol. The molecule has 4 rings (SSSR count). The number of aromatic amines is 1. The molecule has 2 N–H and O–H groups in total. The Balaban J connectivity index is 1.65. The second-order valence-electron chi connectivity index (χ2n) is 7.72. The van der Waals surface area contributed by atoms with Gasteiger partial charge in [-0.25, -0.2) is 4.79 Å². The van der Waals surface area contributed by atoms with Crippen molar-refractivity contribution in [2.45, 2.75) is 13.1 Å². The number of carbonyl (C=O) groups is 1. The van der Waals surface area contributed by atoms with Gasteiger partial charge >= 0.3 is 6.03 Å². The van der Waals surface area contributed by atoms with Crippen molar-refractivity contribution >= 4 is 34.2 Å². The number of rotatable bonds is 7. The Morgan fingerprint density at radius 3 is 2.38 bits per heavy atom. The van der Waals surface area contributed by atoms with E-state index in [0.29, 0.717) is 27.5 Å². The lowest BCUT2D eigenvalue weighted by Gasteiger charge is -2.23. The van der Waals surface area contributed by atoms with E-state index in [0.717, 1.165) is 16.7 Å². The molecule has 0 aliphatic rings. The molecule has 34 heavy (non-hydrogen) atoms. The molecule has 7 nitrogen and oxygen atoms in total. The van der Waals surface area contributed by atoms with Gasteiger partial charge in [-0.15, -0.1) is 0 Å². The van der Waals surface area contributed by atoms with Gasteiger partial charge in [0, 0.05) is 33.7 Å². The molecule has 1 aromatic heterocycles. The Hall–Kier alpha value is -3.97. The summed E-state index contributed by atoms with van der Waals surface area (Å²) >= 11 is 6.06. The number of pyridine rings is 1. The van der Waals surface area contributed by atoms with Crippen LogP contribution >= 0.6 is 11.6 Å². The Bertz CT molecular complexity index is 1370. The highest BCUT2D eigenvalue weighted by atomic mass is 35.5. The Morgan fingerprint density at radius 2 is 1.68 bits per heavy atom. The number of H-pyrrole nitrogens is 1. The molecule has 0 saturated carbocycles. The predicted molar refractivity (Wildman–Crippen MR) is 134 cm³/mol. The molecule has 8 heteroatoms. The second kappa shape index (κ2) is 10.3. The van der Waals surface area contributed by atoms with Crippen LogP contribution in [0.4, 0.5) is 10.5 Å². The minimum atomic E-state index is -0.358. The van der Waals surface area contributed by atoms with E-state index in [1.807, 2.05) is 30.3 Å². The number of fused-ring (bicyclic) bond motifs is 1. The average molecular weight is 478 g/mol. The van der Waals surface area contributed by atoms with Crippen LogP contribution in [0.2, 0.25) is 5.02 Å². The maximum absolute atomic E-state index is 13.2. The van der Waals surface area contributed by atoms with Crippen LogP contribution in [-0.2, 0) is 13.1 Å². The lowest BCUT2D eigenvalue weighted by atomic mass is 10.1. The predicted octanol–water partition coefficient (Wildman–Crippen LogP) is 5.43. The number of carbonyl (C=O) groups excluding carboxylic acids is 1. The zero-order chi connectivity index (χ0) is 24.1. The maximum Gasteiger partial charge on any atom is 0.322 e. The van der Waals surface area contributed by atoms with Crippen LogP contribution in [0.25, 0.3) is 10.9 Å². The Kier molecular flexibility index (Phi) is 7.04. The molecule has 3 aromatic carbocycles. The van der Waals surface area contributed by atoms with Crippen LogP contribution in [0.5, 0.6) is 11.5 Å². The van der Waals surface area contributed by atoms with Crippen molar-refractivity contribution in [2.24, 2.45) is 0 Å². The first-order chi connectivity index (χ1) is 16.4. The smallest absolute Gasteiger partial charge is 0.322 e. The van der Waals surface area contributed by atoms with Gasteiger partial charge in [-0.1, -0.05) is 29.8 Å². The number of ether oxygens (including phenoxy) is 2. The monoisotopic (exact) mass is 477 g/mol. The van der Waals surface area contributed by atoms with Crippen molar-refractivity contribution in [2.75, 3.05) is 19.5 Å². The third kappa shape index (κ3) is 5.50. The highest BCUT2D eigenvalue weighted by Gasteiger charge is 2.18. The molecule has 0 aliphatic heterocycles. The zero-order valence-electron chi connectivity index (χ0n) is 18.8. The summed E-state index contributed by atoms with van der Waals surface area (Å²) < 4.78 is 10.5. The number of amides is 2. The molecule has 0 aliphatic carbocycles. The first-order valence-corrected chi connectivity index (χ1v) is 11.0. The summed E-state index contributed by atoms with van der Waals surface area (Å²) in [7, 11) is 3.19. The van der Waals surface area contributed by atoms with Gasteiger partial charge in [0.15, 0.2) is 0 Å². The summed E-state index contributed by atoms with van der Waals surface area (Å²) in [5.41, 5.74) is 2.35. The molecule has 174 valence electrons. The van der Waals surface area contributed by atoms with E-state index in [1.54, 1.807) is 61.6 Å². The largest absolute Gasteiger partial charge is 0.497 e. The third-order valence-corrected chi connectivity index (χ3v) is 5.62. The fraction of sp³-hybridized carbons (Fsp3) is 0.154. The van der Waals surface area contributed by atoms with Crippen molar-refractivity contribution < 1.29 is 14.3 Å². The highest BCUT2D eigenvalue weighted by Crippen LogP contribution is 2.21. The van der Waals surface area contributed by atoms with Gasteiger partial charge in [-0.05, 0) is 60.2 Å². The number of anilines is 1. The van der Waals surface area contributed by atoms with Crippen LogP contribution in [-0.4, -0.2) is 30.1 Å². The first kappa shape index (κ1) is 23.2. The van der Waals surface area contributed by atoms with Gasteiger partial charge in [0.05, 0.1) is 20.8 Å². The number of halogens is 1. The van der Waals surface area contributed by atoms with Gasteiger partial charge in [-0.3, -0.25) is 4.79 Å². The normalized spacial score (nSPS) is 10.7. The van der Waals surface area contributed by atoms with Crippen molar-refractivity contribution in [1.82, 2.24) is 9.88 Å². The van der Waals surface area contributed by atoms with Crippen LogP contribution in [0.1, 0.15) is 11.1 Å². The lowest BCUT2D eigenvalue weighted by molar-refractivity contribution is 0.206. The summed E-state index contributed by atoms with van der Waals surface area (Å²) in [5.74, 6) is 1.40. The number of aromatic nitrogens is 1. The summed E-state index contributed by atoms with van der Waals surface area (Å²) in [6, 6.07) is 21.2. The second-order valence-corrected chi connectivity index (χ2v) is 8.16. The number of urea groups is 1. The molecule has 0 spiro atoms. The van der Waals surface area contributed by atoms with Gasteiger partial charge in [0.2, 0.25) is 0 Å². The number of benzene rings is 3. The minimum Gasteiger partial charge on any atom is -0.497 e. The fourth-order valence-electron chi connectivity index (χ4n) is 3.60. The highest BCUT2D eigenvalue weighted by molar-refractivity contribution is 6.30. The number of hydrogen-bond acceptors (Lipinski definition) is 4. The van der Waals surface area contributed by atoms with E-state index in [1.165, 1.54) is 0 Å². The van der Waals surface area contributed by atoms with Crippen LogP contribution in [0.15, 0.2) is 77.6 Å². The average Bonchev–Trinajstić information content (AvgIpc) is 2.84. The standard InChI is InChI=1S/C26H24ClN3O4/c1-33-22-8-6-17(7-9-22)15-30(26(32)28-21-5-3-4-20(27)14-21)16-19-12-18-13-23(34-2)10-11-24(18)29-25(19)31/h3-14H,15-16H2,1-2H3,(H,28,32)(H,29,31). The molecule has 0 bridgehead atoms. The Labute approximate surface area is 201 Å². The molecule has 2 amide bonds. The number of methoxy groups -OCH3 is 2. The molecule has 0 atom stereocenters. The molecule has 0 fully saturated rings. The number of nitrogens with one attached hydrogen (secondary N) is 2. The molecule has 1 heterocycles. The molecular formula is C26H24ClN3O4. The van der Waals surface area contributed by atoms with Crippen molar-refractivity contribution in [3.05, 3.63) is 99.3 Å². The van der Waals surface area contributed by atoms with E-state index in [2.05, 4.69) is 10.3 Å². The lowest BCUT2D eigenvalue weighted by Crippen LogP contribution is -2.35. The third-order valence-electron chi connectivity index (χ3n) is 5.39. The van der Waals surface area contributed by atoms with Gasteiger partial charge in [0.1, 0.15) is 11.5 Å². The van der Waals surface area contributed by atoms with E-state index in [9.17, 15) is 9.59 Å². The Morgan fingerprint density at radius 1 is 0.941 bits per heavy atom. The SMILES string of the molecule is COc1ccc(CN(Cc2cc3cc(OC)ccc3[nH]c2=O)C(=O)Nc2cccc(Cl)c2)cc1. The summed E-state index contributed by atoms with van der Waals surface area (Å²) in [6.45, 7) is 0.382. The zero-order valence-corrected chi connectivity index (χ0v) is 19.6. The summed E-state index contributed by atoms with van der Waals surface area (Å²) in [4.78, 5) is 30.5. The molecule has 0 unspecified atom stereocenters. The summed E-state index contributed by atoms with van der Waals surface area (Å²) in [6.07, 6.45) is 0. The van der Waals surface area contributed by atoms with E-state index in [4.69, 9.17) is 21.1 Å². The van der Waals surface area contributed by atoms with Crippen molar-refractivity contribution in [1.29, 1.82) is 0 Å². The molecule has 0 radical (unpaired) electrons. The molecule has 0 saturated heterocycles. The number of hydrogen-bond donors (Lipinski definition) is 2. The van der Waals surface area contributed by atoms with E-state index in [-0.39, 0.29) is 24.7 Å². The van der Waals surface area contributed by atoms with Crippen LogP contribution in [0, 0.1) is 0 Å². The summed E-state index contributed by atoms with van der Waals surface area (Å²) in [5, 5.41) is 4.19. The molecule has 4 aromatic rings. The van der Waals surface area contributed by atoms with Crippen LogP contribution < -0.4 is 20.3 Å².